The maximum absolute atomic E-state index is 13.0. The fourth-order valence-corrected chi connectivity index (χ4v) is 4.93. The van der Waals surface area contributed by atoms with E-state index in [9.17, 15) is 14.4 Å². The Morgan fingerprint density at radius 2 is 1.97 bits per heavy atom. The van der Waals surface area contributed by atoms with Crippen molar-refractivity contribution in [3.63, 3.8) is 0 Å². The molecule has 2 aliphatic heterocycles. The van der Waals surface area contributed by atoms with Crippen LogP contribution in [0.25, 0.3) is 0 Å². The van der Waals surface area contributed by atoms with E-state index >= 15 is 0 Å². The summed E-state index contributed by atoms with van der Waals surface area (Å²) in [6.07, 6.45) is -1.74. The van der Waals surface area contributed by atoms with Gasteiger partial charge in [-0.2, -0.15) is 23.5 Å². The van der Waals surface area contributed by atoms with Crippen molar-refractivity contribution in [3.8, 4) is 0 Å². The largest absolute Gasteiger partial charge is 0.464 e. The third-order valence-corrected chi connectivity index (χ3v) is 6.65. The summed E-state index contributed by atoms with van der Waals surface area (Å²) in [6, 6.07) is 9.34. The van der Waals surface area contributed by atoms with Gasteiger partial charge in [0, 0.05) is 36.1 Å². The summed E-state index contributed by atoms with van der Waals surface area (Å²) >= 11 is 3.42. The molecular weight excluding hydrogens is 412 g/mol. The number of nitrogens with one attached hydrogen (secondary N) is 1. The van der Waals surface area contributed by atoms with Crippen LogP contribution in [-0.4, -0.2) is 77.9 Å². The molecule has 2 aliphatic rings. The monoisotopic (exact) mass is 438 g/mol. The number of amides is 2. The second kappa shape index (κ2) is 10.9. The van der Waals surface area contributed by atoms with Crippen molar-refractivity contribution in [1.29, 1.82) is 0 Å². The summed E-state index contributed by atoms with van der Waals surface area (Å²) in [5.74, 6) is 1.96. The van der Waals surface area contributed by atoms with Crippen LogP contribution in [0.3, 0.4) is 0 Å². The maximum Gasteiger partial charge on any atom is 0.338 e. The average molecular weight is 439 g/mol. The number of nitrogens with zero attached hydrogens (tertiary/aromatic N) is 1. The molecule has 0 radical (unpaired) electrons. The first-order valence-electron chi connectivity index (χ1n) is 9.70. The van der Waals surface area contributed by atoms with E-state index in [4.69, 9.17) is 9.47 Å². The summed E-state index contributed by atoms with van der Waals surface area (Å²) in [7, 11) is 0. The van der Waals surface area contributed by atoms with Crippen molar-refractivity contribution >= 4 is 41.3 Å². The number of rotatable bonds is 9. The van der Waals surface area contributed by atoms with Gasteiger partial charge < -0.3 is 19.7 Å². The highest BCUT2D eigenvalue weighted by atomic mass is 32.2. The number of epoxide rings is 1. The summed E-state index contributed by atoms with van der Waals surface area (Å²) in [4.78, 5) is 39.0. The molecule has 9 heteroatoms. The van der Waals surface area contributed by atoms with Gasteiger partial charge in [0.05, 0.1) is 6.61 Å². The zero-order valence-electron chi connectivity index (χ0n) is 16.4. The van der Waals surface area contributed by atoms with E-state index in [1.807, 2.05) is 42.1 Å². The van der Waals surface area contributed by atoms with E-state index in [0.717, 1.165) is 22.8 Å². The number of ether oxygens (including phenoxy) is 2. The topological polar surface area (TPSA) is 88.2 Å². The number of carbonyl (C=O) groups excluding carboxylic acids is 3. The van der Waals surface area contributed by atoms with Crippen LogP contribution in [0, 0.1) is 0 Å². The van der Waals surface area contributed by atoms with Gasteiger partial charge in [0.1, 0.15) is 6.04 Å². The standard InChI is InChI=1S/C20H26N2O5S2/c1-2-26-20(25)17-16(27-17)18(23)21-15(19(24)22-8-10-28-11-9-22)13-29-12-14-6-4-3-5-7-14/h3-7,15-17H,2,8-13H2,1H3,(H,21,23)/t15-,16-,17-/m0/s1. The molecule has 29 heavy (non-hydrogen) atoms. The van der Waals surface area contributed by atoms with Crippen molar-refractivity contribution in [2.75, 3.05) is 37.0 Å². The van der Waals surface area contributed by atoms with Crippen LogP contribution in [0.2, 0.25) is 0 Å². The number of hydrogen-bond acceptors (Lipinski definition) is 7. The zero-order valence-corrected chi connectivity index (χ0v) is 18.0. The summed E-state index contributed by atoms with van der Waals surface area (Å²) in [6.45, 7) is 3.30. The van der Waals surface area contributed by atoms with Crippen LogP contribution in [0.4, 0.5) is 0 Å². The zero-order chi connectivity index (χ0) is 20.6. The third kappa shape index (κ3) is 6.38. The predicted octanol–water partition coefficient (Wildman–Crippen LogP) is 1.31. The van der Waals surface area contributed by atoms with E-state index in [1.54, 1.807) is 23.6 Å². The van der Waals surface area contributed by atoms with E-state index in [-0.39, 0.29) is 12.5 Å². The van der Waals surface area contributed by atoms with Crippen molar-refractivity contribution in [3.05, 3.63) is 35.9 Å². The Balaban J connectivity index is 1.57. The quantitative estimate of drug-likeness (QED) is 0.459. The molecule has 7 nitrogen and oxygen atoms in total. The highest BCUT2D eigenvalue weighted by Crippen LogP contribution is 2.24. The van der Waals surface area contributed by atoms with Crippen LogP contribution in [0.5, 0.6) is 0 Å². The Kier molecular flexibility index (Phi) is 8.26. The molecule has 0 spiro atoms. The molecule has 0 aromatic heterocycles. The van der Waals surface area contributed by atoms with Gasteiger partial charge in [-0.05, 0) is 12.5 Å². The Bertz CT molecular complexity index is 712. The molecule has 1 N–H and O–H groups in total. The summed E-state index contributed by atoms with van der Waals surface area (Å²) in [5.41, 5.74) is 1.16. The minimum Gasteiger partial charge on any atom is -0.464 e. The molecule has 3 atom stereocenters. The normalized spacial score (nSPS) is 21.9. The number of esters is 1. The fourth-order valence-electron chi connectivity index (χ4n) is 3.02. The minimum absolute atomic E-state index is 0.0763. The SMILES string of the molecule is CCOC(=O)[C@H]1O[C@@H]1C(=O)N[C@@H](CSCc1ccccc1)C(=O)N1CCSCC1. The molecule has 1 aromatic carbocycles. The van der Waals surface area contributed by atoms with E-state index in [0.29, 0.717) is 18.8 Å². The molecule has 0 aliphatic carbocycles. The highest BCUT2D eigenvalue weighted by Gasteiger charge is 2.52. The van der Waals surface area contributed by atoms with Gasteiger partial charge in [0.25, 0.3) is 5.91 Å². The van der Waals surface area contributed by atoms with Gasteiger partial charge in [-0.15, -0.1) is 0 Å². The van der Waals surface area contributed by atoms with E-state index < -0.39 is 30.1 Å². The first-order valence-corrected chi connectivity index (χ1v) is 12.0. The number of benzene rings is 1. The minimum atomic E-state index is -0.875. The number of carbonyl (C=O) groups is 3. The van der Waals surface area contributed by atoms with Gasteiger partial charge in [-0.3, -0.25) is 9.59 Å². The van der Waals surface area contributed by atoms with Gasteiger partial charge in [0.15, 0.2) is 12.2 Å². The Morgan fingerprint density at radius 3 is 2.66 bits per heavy atom. The second-order valence-corrected chi connectivity index (χ2v) is 8.98. The van der Waals surface area contributed by atoms with Gasteiger partial charge in [-0.25, -0.2) is 4.79 Å². The van der Waals surface area contributed by atoms with Crippen LogP contribution in [0.1, 0.15) is 12.5 Å². The van der Waals surface area contributed by atoms with Crippen molar-refractivity contribution in [1.82, 2.24) is 10.2 Å². The van der Waals surface area contributed by atoms with Gasteiger partial charge in [-0.1, -0.05) is 30.3 Å². The van der Waals surface area contributed by atoms with Crippen LogP contribution in [-0.2, 0) is 29.6 Å². The third-order valence-electron chi connectivity index (χ3n) is 4.60. The molecule has 1 aromatic rings. The Morgan fingerprint density at radius 1 is 1.24 bits per heavy atom. The summed E-state index contributed by atoms with van der Waals surface area (Å²) in [5, 5.41) is 2.80. The van der Waals surface area contributed by atoms with Crippen molar-refractivity contribution < 1.29 is 23.9 Å². The second-order valence-electron chi connectivity index (χ2n) is 6.73. The molecule has 0 unspecified atom stereocenters. The lowest BCUT2D eigenvalue weighted by Gasteiger charge is -2.30. The molecule has 2 amide bonds. The molecule has 2 saturated heterocycles. The van der Waals surface area contributed by atoms with E-state index in [1.165, 1.54) is 0 Å². The molecular formula is C20H26N2O5S2. The lowest BCUT2D eigenvalue weighted by molar-refractivity contribution is -0.144. The van der Waals surface area contributed by atoms with Crippen LogP contribution >= 0.6 is 23.5 Å². The highest BCUT2D eigenvalue weighted by molar-refractivity contribution is 7.99. The Labute approximate surface area is 179 Å². The first-order chi connectivity index (χ1) is 14.1. The van der Waals surface area contributed by atoms with Gasteiger partial charge in [0.2, 0.25) is 5.91 Å². The molecule has 3 rings (SSSR count). The summed E-state index contributed by atoms with van der Waals surface area (Å²) < 4.78 is 10.1. The van der Waals surface area contributed by atoms with Crippen molar-refractivity contribution in [2.24, 2.45) is 0 Å². The molecule has 158 valence electrons. The molecule has 0 saturated carbocycles. The number of thioether (sulfide) groups is 2. The van der Waals surface area contributed by atoms with E-state index in [2.05, 4.69) is 5.32 Å². The first kappa shape index (κ1) is 22.0. The lowest BCUT2D eigenvalue weighted by Crippen LogP contribution is -2.53. The number of hydrogen-bond donors (Lipinski definition) is 1. The van der Waals surface area contributed by atoms with Crippen LogP contribution < -0.4 is 5.32 Å². The maximum atomic E-state index is 13.0. The average Bonchev–Trinajstić information content (AvgIpc) is 3.55. The van der Waals surface area contributed by atoms with Gasteiger partial charge >= 0.3 is 5.97 Å². The molecule has 0 bridgehead atoms. The van der Waals surface area contributed by atoms with Crippen LogP contribution in [0.15, 0.2) is 30.3 Å². The van der Waals surface area contributed by atoms with Crippen molar-refractivity contribution in [2.45, 2.75) is 30.9 Å². The molecule has 2 heterocycles. The smallest absolute Gasteiger partial charge is 0.338 e. The Hall–Kier alpha value is -1.71. The lowest BCUT2D eigenvalue weighted by atomic mass is 10.2. The predicted molar refractivity (Wildman–Crippen MR) is 114 cm³/mol. The molecule has 2 fully saturated rings. The fraction of sp³-hybridized carbons (Fsp3) is 0.550.